The van der Waals surface area contributed by atoms with Crippen LogP contribution < -0.4 is 10.5 Å². The van der Waals surface area contributed by atoms with Gasteiger partial charge in [0.1, 0.15) is 5.75 Å². The van der Waals surface area contributed by atoms with Gasteiger partial charge >= 0.3 is 0 Å². The molecule has 1 aromatic carbocycles. The van der Waals surface area contributed by atoms with E-state index in [-0.39, 0.29) is 5.41 Å². The molecule has 21 heavy (non-hydrogen) atoms. The number of methoxy groups -OCH3 is 1. The Bertz CT molecular complexity index is 615. The van der Waals surface area contributed by atoms with Crippen LogP contribution >= 0.6 is 0 Å². The van der Waals surface area contributed by atoms with Crippen LogP contribution in [0, 0.1) is 11.3 Å². The van der Waals surface area contributed by atoms with Crippen molar-refractivity contribution in [1.29, 1.82) is 0 Å². The molecule has 0 bridgehead atoms. The molecule has 1 heterocycles. The summed E-state index contributed by atoms with van der Waals surface area (Å²) < 4.78 is 7.06. The van der Waals surface area contributed by atoms with E-state index in [1.54, 1.807) is 17.9 Å². The molecule has 1 aromatic heterocycles. The van der Waals surface area contributed by atoms with Gasteiger partial charge in [0, 0.05) is 17.8 Å². The van der Waals surface area contributed by atoms with Gasteiger partial charge in [-0.25, -0.2) is 4.68 Å². The van der Waals surface area contributed by atoms with Crippen molar-refractivity contribution in [2.24, 2.45) is 11.3 Å². The molecule has 114 valence electrons. The summed E-state index contributed by atoms with van der Waals surface area (Å²) in [4.78, 5) is 0. The monoisotopic (exact) mass is 289 g/mol. The molecule has 0 aliphatic rings. The van der Waals surface area contributed by atoms with Gasteiger partial charge in [0.25, 0.3) is 0 Å². The van der Waals surface area contributed by atoms with Crippen molar-refractivity contribution in [3.8, 4) is 17.1 Å². The minimum absolute atomic E-state index is 0.184. The Morgan fingerprint density at radius 2 is 2.05 bits per heavy atom. The fourth-order valence-corrected chi connectivity index (χ4v) is 1.91. The molecule has 1 unspecified atom stereocenters. The summed E-state index contributed by atoms with van der Waals surface area (Å²) >= 11 is 0. The zero-order valence-corrected chi connectivity index (χ0v) is 13.3. The maximum atomic E-state index is 6.06. The van der Waals surface area contributed by atoms with Gasteiger partial charge in [0.15, 0.2) is 5.82 Å². The number of hydrogen-bond donors (Lipinski definition) is 1. The number of nitrogen functional groups attached to an aromatic ring is 1. The van der Waals surface area contributed by atoms with E-state index in [1.165, 1.54) is 0 Å². The Balaban J connectivity index is 2.37. The van der Waals surface area contributed by atoms with Gasteiger partial charge in [-0.15, -0.1) is 5.10 Å². The quantitative estimate of drug-likeness (QED) is 0.875. The van der Waals surface area contributed by atoms with Crippen LogP contribution in [0.25, 0.3) is 11.4 Å². The Morgan fingerprint density at radius 1 is 1.33 bits per heavy atom. The lowest BCUT2D eigenvalue weighted by Crippen LogP contribution is -2.23. The van der Waals surface area contributed by atoms with E-state index in [2.05, 4.69) is 43.2 Å². The number of hydrogen-bond acceptors (Lipinski definition) is 5. The summed E-state index contributed by atoms with van der Waals surface area (Å²) in [5, 5.41) is 12.0. The fraction of sp³-hybridized carbons (Fsp3) is 0.533. The molecular formula is C15H23N5O. The predicted octanol–water partition coefficient (Wildman–Crippen LogP) is 2.61. The average Bonchev–Trinajstić information content (AvgIpc) is 2.86. The standard InChI is InChI=1S/C15H23N5O/c1-10(15(2,3)4)9-20-14(17-18-19-20)12-8-11(21-5)6-7-13(12)16/h6-8,10H,9,16H2,1-5H3. The minimum atomic E-state index is 0.184. The number of rotatable bonds is 4. The molecule has 2 N–H and O–H groups in total. The molecule has 0 radical (unpaired) electrons. The molecule has 0 spiro atoms. The second kappa shape index (κ2) is 5.71. The molecule has 6 heteroatoms. The third-order valence-corrected chi connectivity index (χ3v) is 3.96. The van der Waals surface area contributed by atoms with Crippen LogP contribution in [0.3, 0.4) is 0 Å². The third kappa shape index (κ3) is 3.32. The normalized spacial score (nSPS) is 13.2. The molecule has 6 nitrogen and oxygen atoms in total. The van der Waals surface area contributed by atoms with Gasteiger partial charge in [-0.1, -0.05) is 27.7 Å². The van der Waals surface area contributed by atoms with Crippen LogP contribution in [-0.2, 0) is 6.54 Å². The van der Waals surface area contributed by atoms with Crippen molar-refractivity contribution >= 4 is 5.69 Å². The molecule has 2 rings (SSSR count). The summed E-state index contributed by atoms with van der Waals surface area (Å²) in [5.74, 6) is 1.83. The number of tetrazole rings is 1. The van der Waals surface area contributed by atoms with E-state index in [1.807, 2.05) is 12.1 Å². The third-order valence-electron chi connectivity index (χ3n) is 3.96. The first-order chi connectivity index (χ1) is 9.82. The maximum absolute atomic E-state index is 6.06. The van der Waals surface area contributed by atoms with Crippen LogP contribution in [-0.4, -0.2) is 27.3 Å². The van der Waals surface area contributed by atoms with Crippen LogP contribution in [0.15, 0.2) is 18.2 Å². The Hall–Kier alpha value is -2.11. The molecular weight excluding hydrogens is 266 g/mol. The predicted molar refractivity (Wildman–Crippen MR) is 82.8 cm³/mol. The topological polar surface area (TPSA) is 78.8 Å². The van der Waals surface area contributed by atoms with Gasteiger partial charge in [-0.2, -0.15) is 0 Å². The van der Waals surface area contributed by atoms with Gasteiger partial charge in [0.2, 0.25) is 0 Å². The van der Waals surface area contributed by atoms with Crippen LogP contribution in [0.4, 0.5) is 5.69 Å². The summed E-state index contributed by atoms with van der Waals surface area (Å²) in [6, 6.07) is 5.49. The average molecular weight is 289 g/mol. The molecule has 0 aliphatic heterocycles. The number of nitrogens with two attached hydrogens (primary N) is 1. The van der Waals surface area contributed by atoms with Gasteiger partial charge < -0.3 is 10.5 Å². The largest absolute Gasteiger partial charge is 0.497 e. The van der Waals surface area contributed by atoms with Crippen molar-refractivity contribution in [3.05, 3.63) is 18.2 Å². The SMILES string of the molecule is COc1ccc(N)c(-c2nnnn2CC(C)C(C)(C)C)c1. The number of ether oxygens (including phenoxy) is 1. The highest BCUT2D eigenvalue weighted by Crippen LogP contribution is 2.31. The van der Waals surface area contributed by atoms with Crippen LogP contribution in [0.1, 0.15) is 27.7 Å². The van der Waals surface area contributed by atoms with Crippen LogP contribution in [0.2, 0.25) is 0 Å². The van der Waals surface area contributed by atoms with Crippen molar-refractivity contribution < 1.29 is 4.74 Å². The zero-order chi connectivity index (χ0) is 15.6. The van der Waals surface area contributed by atoms with E-state index in [4.69, 9.17) is 10.5 Å². The van der Waals surface area contributed by atoms with E-state index in [0.717, 1.165) is 17.9 Å². The Labute approximate surface area is 125 Å². The molecule has 0 fully saturated rings. The van der Waals surface area contributed by atoms with Gasteiger partial charge in [0.05, 0.1) is 7.11 Å². The second-order valence-electron chi connectivity index (χ2n) is 6.40. The van der Waals surface area contributed by atoms with Crippen molar-refractivity contribution in [3.63, 3.8) is 0 Å². The number of benzene rings is 1. The van der Waals surface area contributed by atoms with Gasteiger partial charge in [-0.05, 0) is 40.0 Å². The van der Waals surface area contributed by atoms with E-state index in [0.29, 0.717) is 17.4 Å². The van der Waals surface area contributed by atoms with Crippen molar-refractivity contribution in [2.75, 3.05) is 12.8 Å². The Kier molecular flexibility index (Phi) is 4.16. The number of nitrogens with zero attached hydrogens (tertiary/aromatic N) is 4. The highest BCUT2D eigenvalue weighted by molar-refractivity contribution is 5.73. The maximum Gasteiger partial charge on any atom is 0.184 e. The van der Waals surface area contributed by atoms with Gasteiger partial charge in [-0.3, -0.25) is 0 Å². The highest BCUT2D eigenvalue weighted by atomic mass is 16.5. The molecule has 0 amide bonds. The number of anilines is 1. The zero-order valence-electron chi connectivity index (χ0n) is 13.3. The van der Waals surface area contributed by atoms with Crippen molar-refractivity contribution in [1.82, 2.24) is 20.2 Å². The summed E-state index contributed by atoms with van der Waals surface area (Å²) in [6.45, 7) is 9.56. The fourth-order valence-electron chi connectivity index (χ4n) is 1.91. The summed E-state index contributed by atoms with van der Waals surface area (Å²) in [5.41, 5.74) is 7.67. The Morgan fingerprint density at radius 3 is 2.67 bits per heavy atom. The summed E-state index contributed by atoms with van der Waals surface area (Å²) in [7, 11) is 1.62. The van der Waals surface area contributed by atoms with E-state index in [9.17, 15) is 0 Å². The lowest BCUT2D eigenvalue weighted by atomic mass is 9.82. The van der Waals surface area contributed by atoms with Crippen LogP contribution in [0.5, 0.6) is 5.75 Å². The second-order valence-corrected chi connectivity index (χ2v) is 6.40. The molecule has 0 saturated carbocycles. The molecule has 2 aromatic rings. The lowest BCUT2D eigenvalue weighted by molar-refractivity contribution is 0.225. The highest BCUT2D eigenvalue weighted by Gasteiger charge is 2.23. The summed E-state index contributed by atoms with van der Waals surface area (Å²) in [6.07, 6.45) is 0. The molecule has 0 aliphatic carbocycles. The number of aromatic nitrogens is 4. The minimum Gasteiger partial charge on any atom is -0.497 e. The van der Waals surface area contributed by atoms with E-state index < -0.39 is 0 Å². The molecule has 1 atom stereocenters. The first kappa shape index (κ1) is 15.3. The molecule has 0 saturated heterocycles. The first-order valence-corrected chi connectivity index (χ1v) is 7.03. The van der Waals surface area contributed by atoms with Crippen molar-refractivity contribution in [2.45, 2.75) is 34.2 Å². The first-order valence-electron chi connectivity index (χ1n) is 7.03. The lowest BCUT2D eigenvalue weighted by Gasteiger charge is -2.27. The smallest absolute Gasteiger partial charge is 0.184 e. The van der Waals surface area contributed by atoms with E-state index >= 15 is 0 Å².